The molecule has 17 rings (SSSR count). The van der Waals surface area contributed by atoms with Crippen molar-refractivity contribution >= 4 is 77.2 Å². The van der Waals surface area contributed by atoms with E-state index in [0.29, 0.717) is 0 Å². The van der Waals surface area contributed by atoms with Crippen LogP contribution in [0.15, 0.2) is 279 Å². The topological polar surface area (TPSA) is 6.48 Å². The Hall–Kier alpha value is -10.3. The lowest BCUT2D eigenvalue weighted by Crippen LogP contribution is -2.15. The molecule has 0 fully saturated rings. The second-order valence-corrected chi connectivity index (χ2v) is 22.7. The molecule has 0 N–H and O–H groups in total. The summed E-state index contributed by atoms with van der Waals surface area (Å²) >= 11 is 0. The first kappa shape index (κ1) is 45.7. The molecular formula is C79H52N2. The van der Waals surface area contributed by atoms with Crippen molar-refractivity contribution in [3.8, 4) is 77.9 Å². The first-order chi connectivity index (χ1) is 40.0. The van der Waals surface area contributed by atoms with E-state index in [1.807, 2.05) is 0 Å². The van der Waals surface area contributed by atoms with E-state index in [9.17, 15) is 0 Å². The molecule has 0 heterocycles. The first-order valence-corrected chi connectivity index (χ1v) is 28.3. The number of hydrogen-bond donors (Lipinski definition) is 0. The van der Waals surface area contributed by atoms with Gasteiger partial charge in [0.15, 0.2) is 0 Å². The molecule has 14 aromatic carbocycles. The Bertz CT molecular complexity index is 4860. The number of rotatable bonds is 8. The largest absolute Gasteiger partial charge is 0.310 e. The van der Waals surface area contributed by atoms with Gasteiger partial charge in [-0.15, -0.1) is 0 Å². The van der Waals surface area contributed by atoms with Crippen LogP contribution in [0.5, 0.6) is 0 Å². The third-order valence-electron chi connectivity index (χ3n) is 18.1. The molecule has 2 heteroatoms. The predicted molar refractivity (Wildman–Crippen MR) is 343 cm³/mol. The minimum absolute atomic E-state index is 0.108. The number of anilines is 6. The molecule has 0 saturated carbocycles. The minimum atomic E-state index is -0.108. The maximum atomic E-state index is 2.51. The van der Waals surface area contributed by atoms with E-state index in [4.69, 9.17) is 0 Å². The van der Waals surface area contributed by atoms with Crippen molar-refractivity contribution in [2.45, 2.75) is 19.3 Å². The molecular weight excluding hydrogens is 977 g/mol. The quantitative estimate of drug-likeness (QED) is 0.140. The fourth-order valence-corrected chi connectivity index (χ4v) is 14.6. The van der Waals surface area contributed by atoms with Gasteiger partial charge in [0.05, 0.1) is 0 Å². The van der Waals surface area contributed by atoms with Crippen LogP contribution >= 0.6 is 0 Å². The SMILES string of the molecule is CC1(C)c2ccccc2-c2cc(N(c3ccccc3)c3ccc4c(-c5ccc6c7c(cccc57)-c5ccccc5-6)c5cc(N(c6ccccc6)c6ccccc6)ccc5c(-c5ccc6c7c(cccc57)-c5ccccc5-6)c4c3)ccc21. The van der Waals surface area contributed by atoms with Gasteiger partial charge in [0.25, 0.3) is 0 Å². The lowest BCUT2D eigenvalue weighted by atomic mass is 9.82. The highest BCUT2D eigenvalue weighted by atomic mass is 15.1. The van der Waals surface area contributed by atoms with Gasteiger partial charge in [-0.25, -0.2) is 0 Å². The smallest absolute Gasteiger partial charge is 0.0468 e. The molecule has 2 nitrogen and oxygen atoms in total. The van der Waals surface area contributed by atoms with Crippen LogP contribution < -0.4 is 9.80 Å². The summed E-state index contributed by atoms with van der Waals surface area (Å²) in [6, 6.07) is 105. The maximum Gasteiger partial charge on any atom is 0.0468 e. The molecule has 0 bridgehead atoms. The Morgan fingerprint density at radius 3 is 1.02 bits per heavy atom. The van der Waals surface area contributed by atoms with Crippen molar-refractivity contribution in [1.82, 2.24) is 0 Å². The zero-order chi connectivity index (χ0) is 53.5. The van der Waals surface area contributed by atoms with Crippen LogP contribution in [0.4, 0.5) is 34.1 Å². The van der Waals surface area contributed by atoms with Gasteiger partial charge in [0, 0.05) is 39.5 Å². The fraction of sp³-hybridized carbons (Fsp3) is 0.0380. The summed E-state index contributed by atoms with van der Waals surface area (Å²) in [4.78, 5) is 4.88. The summed E-state index contributed by atoms with van der Waals surface area (Å²) in [7, 11) is 0. The molecule has 0 saturated heterocycles. The summed E-state index contributed by atoms with van der Waals surface area (Å²) in [6.07, 6.45) is 0. The molecule has 0 radical (unpaired) electrons. The fourth-order valence-electron chi connectivity index (χ4n) is 14.6. The summed E-state index contributed by atoms with van der Waals surface area (Å²) in [5, 5.41) is 9.92. The third kappa shape index (κ3) is 6.62. The molecule has 0 spiro atoms. The van der Waals surface area contributed by atoms with E-state index >= 15 is 0 Å². The van der Waals surface area contributed by atoms with E-state index in [1.54, 1.807) is 0 Å². The normalized spacial score (nSPS) is 12.9. The Labute approximate surface area is 471 Å². The van der Waals surface area contributed by atoms with Gasteiger partial charge in [0.2, 0.25) is 0 Å². The lowest BCUT2D eigenvalue weighted by Gasteiger charge is -2.29. The van der Waals surface area contributed by atoms with Gasteiger partial charge in [-0.1, -0.05) is 220 Å². The van der Waals surface area contributed by atoms with Crippen LogP contribution in [0.2, 0.25) is 0 Å². The van der Waals surface area contributed by atoms with Gasteiger partial charge >= 0.3 is 0 Å². The van der Waals surface area contributed by atoms with E-state index in [-0.39, 0.29) is 5.41 Å². The molecule has 0 aliphatic heterocycles. The molecule has 0 amide bonds. The Morgan fingerprint density at radius 2 is 0.556 bits per heavy atom. The Morgan fingerprint density at radius 1 is 0.210 bits per heavy atom. The molecule has 81 heavy (non-hydrogen) atoms. The number of hydrogen-bond acceptors (Lipinski definition) is 2. The standard InChI is InChI=1S/C79H52N2/c1-79(2)73-35-17-16-30-59(73)70-46-54(38-45-74(70)79)81(51-24-10-5-11-25-51)53-37-40-69-72(48-53)78(67-44-42-65-58-29-15-13-27-56(58)61-32-19-34-63(67)76(61)65)68-39-36-52(80(49-20-6-3-7-21-49)50-22-8-4-9-23-50)47-71(68)77(69)66-43-41-64-57-28-14-12-26-55(57)60-31-18-33-62(66)75(60)64/h3-48H,1-2H3. The molecule has 378 valence electrons. The average Bonchev–Trinajstić information content (AvgIpc) is 4.12. The number of benzene rings is 14. The molecule has 0 atom stereocenters. The second kappa shape index (κ2) is 17.4. The molecule has 14 aromatic rings. The summed E-state index contributed by atoms with van der Waals surface area (Å²) in [5.74, 6) is 0. The molecule has 0 aromatic heterocycles. The molecule has 3 aliphatic carbocycles. The molecule has 3 aliphatic rings. The zero-order valence-electron chi connectivity index (χ0n) is 45.0. The average molecular weight is 1030 g/mol. The van der Waals surface area contributed by atoms with Gasteiger partial charge < -0.3 is 9.80 Å². The van der Waals surface area contributed by atoms with Gasteiger partial charge in [-0.3, -0.25) is 0 Å². The Balaban J connectivity index is 1.01. The van der Waals surface area contributed by atoms with Crippen molar-refractivity contribution in [2.24, 2.45) is 0 Å². The lowest BCUT2D eigenvalue weighted by molar-refractivity contribution is 0.660. The van der Waals surface area contributed by atoms with Gasteiger partial charge in [-0.2, -0.15) is 0 Å². The predicted octanol–water partition coefficient (Wildman–Crippen LogP) is 22.2. The maximum absolute atomic E-state index is 2.51. The summed E-state index contributed by atoms with van der Waals surface area (Å²) in [6.45, 7) is 4.73. The van der Waals surface area contributed by atoms with Crippen LogP contribution in [-0.4, -0.2) is 0 Å². The highest BCUT2D eigenvalue weighted by Gasteiger charge is 2.36. The van der Waals surface area contributed by atoms with Gasteiger partial charge in [-0.05, 0) is 205 Å². The van der Waals surface area contributed by atoms with Crippen molar-refractivity contribution in [2.75, 3.05) is 9.80 Å². The van der Waals surface area contributed by atoms with Crippen LogP contribution in [0.25, 0.3) is 121 Å². The van der Waals surface area contributed by atoms with E-state index in [0.717, 1.165) is 34.1 Å². The van der Waals surface area contributed by atoms with E-state index in [2.05, 4.69) is 303 Å². The highest BCUT2D eigenvalue weighted by molar-refractivity contribution is 6.30. The van der Waals surface area contributed by atoms with Crippen LogP contribution in [-0.2, 0) is 5.41 Å². The van der Waals surface area contributed by atoms with Crippen LogP contribution in [0.3, 0.4) is 0 Å². The van der Waals surface area contributed by atoms with Crippen molar-refractivity contribution in [3.63, 3.8) is 0 Å². The number of fused-ring (bicyclic) bond motifs is 11. The van der Waals surface area contributed by atoms with E-state index < -0.39 is 0 Å². The Kier molecular flexibility index (Phi) is 9.80. The summed E-state index contributed by atoms with van der Waals surface area (Å²) in [5.41, 5.74) is 27.1. The highest BCUT2D eigenvalue weighted by Crippen LogP contribution is 2.57. The number of nitrogens with zero attached hydrogens (tertiary/aromatic N) is 2. The monoisotopic (exact) mass is 1030 g/mol. The van der Waals surface area contributed by atoms with Crippen LogP contribution in [0, 0.1) is 0 Å². The first-order valence-electron chi connectivity index (χ1n) is 28.3. The zero-order valence-corrected chi connectivity index (χ0v) is 45.0. The van der Waals surface area contributed by atoms with Crippen molar-refractivity contribution < 1.29 is 0 Å². The molecule has 0 unspecified atom stereocenters. The summed E-state index contributed by atoms with van der Waals surface area (Å²) < 4.78 is 0. The second-order valence-electron chi connectivity index (χ2n) is 22.7. The van der Waals surface area contributed by atoms with Crippen LogP contribution in [0.1, 0.15) is 25.0 Å². The van der Waals surface area contributed by atoms with Crippen molar-refractivity contribution in [1.29, 1.82) is 0 Å². The van der Waals surface area contributed by atoms with Crippen molar-refractivity contribution in [3.05, 3.63) is 290 Å². The van der Waals surface area contributed by atoms with Gasteiger partial charge in [0.1, 0.15) is 0 Å². The number of para-hydroxylation sites is 3. The third-order valence-corrected chi connectivity index (χ3v) is 18.1. The minimum Gasteiger partial charge on any atom is -0.310 e. The van der Waals surface area contributed by atoms with E-state index in [1.165, 1.54) is 132 Å².